The van der Waals surface area contributed by atoms with Gasteiger partial charge in [-0.2, -0.15) is 0 Å². The van der Waals surface area contributed by atoms with E-state index in [1.54, 1.807) is 0 Å². The summed E-state index contributed by atoms with van der Waals surface area (Å²) < 4.78 is 0.766. The van der Waals surface area contributed by atoms with Crippen LogP contribution in [0.2, 0.25) is 5.15 Å². The summed E-state index contributed by atoms with van der Waals surface area (Å²) in [6.07, 6.45) is 7.89. The molecule has 0 aromatic carbocycles. The van der Waals surface area contributed by atoms with Gasteiger partial charge in [0.1, 0.15) is 17.3 Å². The Morgan fingerprint density at radius 1 is 1.41 bits per heavy atom. The van der Waals surface area contributed by atoms with E-state index < -0.39 is 0 Å². The molecule has 5 heteroatoms. The summed E-state index contributed by atoms with van der Waals surface area (Å²) in [4.78, 5) is 8.19. The number of nitrogens with one attached hydrogen (secondary N) is 1. The van der Waals surface area contributed by atoms with Gasteiger partial charge in [-0.1, -0.05) is 37.8 Å². The second-order valence-corrected chi connectivity index (χ2v) is 5.68. The highest BCUT2D eigenvalue weighted by Gasteiger charge is 2.24. The monoisotopic (exact) mass is 317 g/mol. The van der Waals surface area contributed by atoms with Crippen LogP contribution in [0.3, 0.4) is 0 Å². The van der Waals surface area contributed by atoms with Gasteiger partial charge < -0.3 is 5.32 Å². The van der Waals surface area contributed by atoms with E-state index in [1.165, 1.54) is 38.4 Å². The zero-order chi connectivity index (χ0) is 12.3. The molecular weight excluding hydrogens is 302 g/mol. The van der Waals surface area contributed by atoms with Gasteiger partial charge in [0.15, 0.2) is 0 Å². The topological polar surface area (TPSA) is 37.8 Å². The molecule has 2 atom stereocenters. The second kappa shape index (κ2) is 6.01. The van der Waals surface area contributed by atoms with Crippen LogP contribution in [0.5, 0.6) is 0 Å². The minimum absolute atomic E-state index is 0.464. The average molecular weight is 319 g/mol. The highest BCUT2D eigenvalue weighted by atomic mass is 79.9. The normalized spacial score (nSPS) is 24.6. The molecule has 0 aliphatic heterocycles. The maximum absolute atomic E-state index is 5.96. The molecule has 1 aliphatic rings. The molecule has 1 aromatic heterocycles. The summed E-state index contributed by atoms with van der Waals surface area (Å²) in [6, 6.07) is 0.510. The zero-order valence-corrected chi connectivity index (χ0v) is 12.3. The van der Waals surface area contributed by atoms with E-state index in [9.17, 15) is 0 Å². The van der Waals surface area contributed by atoms with Crippen molar-refractivity contribution in [2.45, 2.75) is 45.1 Å². The molecule has 2 unspecified atom stereocenters. The van der Waals surface area contributed by atoms with E-state index in [2.05, 4.69) is 38.1 Å². The van der Waals surface area contributed by atoms with E-state index in [0.717, 1.165) is 16.2 Å². The van der Waals surface area contributed by atoms with Crippen molar-refractivity contribution >= 4 is 33.3 Å². The number of rotatable bonds is 3. The van der Waals surface area contributed by atoms with Crippen molar-refractivity contribution in [1.29, 1.82) is 0 Å². The third-order valence-corrected chi connectivity index (χ3v) is 4.77. The van der Waals surface area contributed by atoms with Crippen molar-refractivity contribution in [3.8, 4) is 0 Å². The van der Waals surface area contributed by atoms with Crippen LogP contribution in [0.1, 0.15) is 39.0 Å². The van der Waals surface area contributed by atoms with Crippen molar-refractivity contribution in [2.24, 2.45) is 5.92 Å². The molecule has 0 bridgehead atoms. The summed E-state index contributed by atoms with van der Waals surface area (Å²) in [5, 5.41) is 3.97. The van der Waals surface area contributed by atoms with Crippen LogP contribution >= 0.6 is 27.5 Å². The molecule has 0 radical (unpaired) electrons. The predicted octanol–water partition coefficient (Wildman–Crippen LogP) is 4.27. The number of anilines is 1. The minimum atomic E-state index is 0.464. The van der Waals surface area contributed by atoms with Crippen molar-refractivity contribution in [3.63, 3.8) is 0 Å². The van der Waals surface area contributed by atoms with Crippen LogP contribution in [-0.4, -0.2) is 16.0 Å². The number of halogens is 2. The lowest BCUT2D eigenvalue weighted by molar-refractivity contribution is 0.316. The fraction of sp³-hybridized carbons (Fsp3) is 0.667. The van der Waals surface area contributed by atoms with Crippen molar-refractivity contribution in [3.05, 3.63) is 16.0 Å². The van der Waals surface area contributed by atoms with Crippen molar-refractivity contribution in [1.82, 2.24) is 9.97 Å². The third kappa shape index (κ3) is 3.10. The lowest BCUT2D eigenvalue weighted by atomic mass is 9.83. The Hall–Kier alpha value is -0.350. The Bertz CT molecular complexity index is 386. The summed E-state index contributed by atoms with van der Waals surface area (Å²) in [5.74, 6) is 1.56. The van der Waals surface area contributed by atoms with Crippen molar-refractivity contribution < 1.29 is 0 Å². The molecule has 3 nitrogen and oxygen atoms in total. The van der Waals surface area contributed by atoms with Crippen LogP contribution in [0.25, 0.3) is 0 Å². The molecule has 1 N–H and O–H groups in total. The third-order valence-electron chi connectivity index (χ3n) is 3.50. The second-order valence-electron chi connectivity index (χ2n) is 4.53. The maximum Gasteiger partial charge on any atom is 0.148 e. The fourth-order valence-electron chi connectivity index (χ4n) is 2.51. The molecule has 2 rings (SSSR count). The van der Waals surface area contributed by atoms with Gasteiger partial charge in [-0.3, -0.25) is 0 Å². The minimum Gasteiger partial charge on any atom is -0.366 e. The average Bonchev–Trinajstić information content (AvgIpc) is 2.35. The molecule has 17 heavy (non-hydrogen) atoms. The van der Waals surface area contributed by atoms with Crippen LogP contribution < -0.4 is 5.32 Å². The largest absolute Gasteiger partial charge is 0.366 e. The molecule has 1 fully saturated rings. The standard InChI is InChI=1S/C12H17BrClN3/c1-2-8-5-3-4-6-9(8)17-12-10(13)11(14)15-7-16-12/h7-9H,2-6H2,1H3,(H,15,16,17). The van der Waals surface area contributed by atoms with Crippen LogP contribution in [0.15, 0.2) is 10.8 Å². The van der Waals surface area contributed by atoms with E-state index in [0.29, 0.717) is 11.2 Å². The number of hydrogen-bond acceptors (Lipinski definition) is 3. The quantitative estimate of drug-likeness (QED) is 0.846. The zero-order valence-electron chi connectivity index (χ0n) is 9.92. The Kier molecular flexibility index (Phi) is 4.62. The highest BCUT2D eigenvalue weighted by Crippen LogP contribution is 2.32. The van der Waals surface area contributed by atoms with Gasteiger partial charge in [-0.25, -0.2) is 9.97 Å². The van der Waals surface area contributed by atoms with Crippen LogP contribution in [0, 0.1) is 5.92 Å². The smallest absolute Gasteiger partial charge is 0.148 e. The summed E-state index contributed by atoms with van der Waals surface area (Å²) in [7, 11) is 0. The number of nitrogens with zero attached hydrogens (tertiary/aromatic N) is 2. The molecule has 1 heterocycles. The number of aromatic nitrogens is 2. The maximum atomic E-state index is 5.96. The van der Waals surface area contributed by atoms with Gasteiger partial charge in [0.2, 0.25) is 0 Å². The summed E-state index contributed by atoms with van der Waals surface area (Å²) in [5.41, 5.74) is 0. The SMILES string of the molecule is CCC1CCCCC1Nc1ncnc(Cl)c1Br. The van der Waals surface area contributed by atoms with Gasteiger partial charge >= 0.3 is 0 Å². The summed E-state index contributed by atoms with van der Waals surface area (Å²) in [6.45, 7) is 2.26. The molecular formula is C12H17BrClN3. The Labute approximate surface area is 116 Å². The van der Waals surface area contributed by atoms with Gasteiger partial charge in [-0.15, -0.1) is 0 Å². The van der Waals surface area contributed by atoms with E-state index >= 15 is 0 Å². The molecule has 0 amide bonds. The predicted molar refractivity (Wildman–Crippen MR) is 74.4 cm³/mol. The number of hydrogen-bond donors (Lipinski definition) is 1. The first-order valence-corrected chi connectivity index (χ1v) is 7.32. The Morgan fingerprint density at radius 3 is 2.94 bits per heavy atom. The van der Waals surface area contributed by atoms with E-state index in [4.69, 9.17) is 11.6 Å². The lowest BCUT2D eigenvalue weighted by Crippen LogP contribution is -2.32. The molecule has 1 saturated carbocycles. The first-order chi connectivity index (χ1) is 8.22. The first-order valence-electron chi connectivity index (χ1n) is 6.15. The van der Waals surface area contributed by atoms with E-state index in [-0.39, 0.29) is 0 Å². The molecule has 1 aliphatic carbocycles. The molecule has 94 valence electrons. The van der Waals surface area contributed by atoms with Gasteiger partial charge in [0.05, 0.1) is 4.47 Å². The highest BCUT2D eigenvalue weighted by molar-refractivity contribution is 9.10. The Balaban J connectivity index is 2.11. The molecule has 0 spiro atoms. The Morgan fingerprint density at radius 2 is 2.18 bits per heavy atom. The molecule has 0 saturated heterocycles. The fourth-order valence-corrected chi connectivity index (χ4v) is 2.96. The van der Waals surface area contributed by atoms with E-state index in [1.807, 2.05) is 0 Å². The van der Waals surface area contributed by atoms with Gasteiger partial charge in [0.25, 0.3) is 0 Å². The molecule has 1 aromatic rings. The van der Waals surface area contributed by atoms with Crippen LogP contribution in [0.4, 0.5) is 5.82 Å². The lowest BCUT2D eigenvalue weighted by Gasteiger charge is -2.32. The van der Waals surface area contributed by atoms with Crippen molar-refractivity contribution in [2.75, 3.05) is 5.32 Å². The van der Waals surface area contributed by atoms with Gasteiger partial charge in [0, 0.05) is 6.04 Å². The van der Waals surface area contributed by atoms with Gasteiger partial charge in [-0.05, 0) is 34.7 Å². The summed E-state index contributed by atoms with van der Waals surface area (Å²) >= 11 is 9.39. The van der Waals surface area contributed by atoms with Crippen LogP contribution in [-0.2, 0) is 0 Å². The first kappa shape index (κ1) is 13.1.